The zero-order chi connectivity index (χ0) is 58.9. The highest BCUT2D eigenvalue weighted by Crippen LogP contribution is 2.23. The van der Waals surface area contributed by atoms with Gasteiger partial charge in [0.1, 0.15) is 0 Å². The van der Waals surface area contributed by atoms with Crippen LogP contribution >= 0.6 is 0 Å². The minimum Gasteiger partial charge on any atom is -0.423 e. The van der Waals surface area contributed by atoms with Gasteiger partial charge in [0, 0.05) is 25.7 Å². The minimum absolute atomic E-state index is 0.0802. The van der Waals surface area contributed by atoms with E-state index in [1.807, 2.05) is 0 Å². The molecule has 0 aliphatic carbocycles. The molecule has 0 N–H and O–H groups in total. The second kappa shape index (κ2) is 65.6. The minimum atomic E-state index is -4.88. The number of carbonyl (C=O) groups is 4. The van der Waals surface area contributed by atoms with Gasteiger partial charge in [-0.3, -0.25) is 19.2 Å². The van der Waals surface area contributed by atoms with E-state index >= 15 is 0 Å². The molecular formula is C72H140O8Si. The Balaban J connectivity index is 5.44. The molecule has 9 heteroatoms. The van der Waals surface area contributed by atoms with Crippen LogP contribution in [0.1, 0.15) is 439 Å². The van der Waals surface area contributed by atoms with Crippen LogP contribution in [-0.2, 0) is 36.9 Å². The fourth-order valence-electron chi connectivity index (χ4n) is 11.4. The molecule has 0 radical (unpaired) electrons. The standard InChI is InChI=1S/C72H140O8Si/c1-5-9-13-17-21-25-29-33-37-41-45-49-53-57-61-65-69(73)77-81(78-70(74)66-62-58-54-50-46-42-38-34-30-26-22-18-14-10-6-2,79-71(75)67-63-59-55-51-47-43-39-35-31-27-23-19-15-11-7-3)80-72(76)68-64-60-56-52-48-44-40-36-32-28-24-20-16-12-8-4/h5-68H2,1-4H3. The highest BCUT2D eigenvalue weighted by atomic mass is 28.4. The normalized spacial score (nSPS) is 11.6. The third-order valence-electron chi connectivity index (χ3n) is 16.9. The van der Waals surface area contributed by atoms with Crippen LogP contribution in [0.15, 0.2) is 0 Å². The van der Waals surface area contributed by atoms with Crippen molar-refractivity contribution in [2.24, 2.45) is 0 Å². The SMILES string of the molecule is CCCCCCCCCCCCCCCCCC(=O)O[Si](OC(=O)CCCCCCCCCCCCCCCCC)(OC(=O)CCCCCCCCCCCCCCCCC)OC(=O)CCCCCCCCCCCCCCCCC. The van der Waals surface area contributed by atoms with Crippen molar-refractivity contribution in [2.75, 3.05) is 0 Å². The van der Waals surface area contributed by atoms with Crippen LogP contribution in [0.25, 0.3) is 0 Å². The van der Waals surface area contributed by atoms with E-state index in [1.165, 1.54) is 283 Å². The Morgan fingerprint density at radius 1 is 0.173 bits per heavy atom. The molecule has 0 aromatic heterocycles. The smallest absolute Gasteiger partial charge is 0.423 e. The molecule has 0 unspecified atom stereocenters. The van der Waals surface area contributed by atoms with Gasteiger partial charge in [0.25, 0.3) is 23.9 Å². The Morgan fingerprint density at radius 2 is 0.272 bits per heavy atom. The fraction of sp³-hybridized carbons (Fsp3) is 0.944. The second-order valence-electron chi connectivity index (χ2n) is 25.2. The molecule has 0 heterocycles. The first kappa shape index (κ1) is 79.1. The molecule has 0 bridgehead atoms. The van der Waals surface area contributed by atoms with Crippen LogP contribution in [0.2, 0.25) is 0 Å². The van der Waals surface area contributed by atoms with E-state index in [0.29, 0.717) is 25.7 Å². The summed E-state index contributed by atoms with van der Waals surface area (Å²) in [4.78, 5) is 54.8. The van der Waals surface area contributed by atoms with Gasteiger partial charge < -0.3 is 17.7 Å². The van der Waals surface area contributed by atoms with Crippen LogP contribution in [-0.4, -0.2) is 32.9 Å². The molecular weight excluding hydrogens is 1020 g/mol. The van der Waals surface area contributed by atoms with Gasteiger partial charge in [-0.2, -0.15) is 0 Å². The van der Waals surface area contributed by atoms with E-state index in [-0.39, 0.29) is 25.7 Å². The van der Waals surface area contributed by atoms with E-state index in [2.05, 4.69) is 27.7 Å². The topological polar surface area (TPSA) is 105 Å². The van der Waals surface area contributed by atoms with Crippen molar-refractivity contribution < 1.29 is 36.9 Å². The lowest BCUT2D eigenvalue weighted by Gasteiger charge is -2.25. The molecule has 0 aliphatic heterocycles. The van der Waals surface area contributed by atoms with Crippen LogP contribution in [0.3, 0.4) is 0 Å². The quantitative estimate of drug-likeness (QED) is 0.0438. The summed E-state index contributed by atoms with van der Waals surface area (Å²) < 4.78 is 23.7. The maximum Gasteiger partial charge on any atom is 0.974 e. The number of hydrogen-bond donors (Lipinski definition) is 0. The number of carbonyl (C=O) groups excluding carboxylic acids is 4. The molecule has 0 aromatic rings. The highest BCUT2D eigenvalue weighted by Gasteiger charge is 2.62. The van der Waals surface area contributed by atoms with Crippen LogP contribution in [0.4, 0.5) is 0 Å². The first-order valence-electron chi connectivity index (χ1n) is 36.7. The molecule has 0 amide bonds. The van der Waals surface area contributed by atoms with E-state index in [9.17, 15) is 19.2 Å². The molecule has 0 atom stereocenters. The van der Waals surface area contributed by atoms with Crippen molar-refractivity contribution in [3.8, 4) is 0 Å². The molecule has 0 saturated heterocycles. The predicted molar refractivity (Wildman–Crippen MR) is 348 cm³/mol. The first-order valence-corrected chi connectivity index (χ1v) is 38.3. The number of rotatable bonds is 68. The lowest BCUT2D eigenvalue weighted by Crippen LogP contribution is -2.54. The predicted octanol–water partition coefficient (Wildman–Crippen LogP) is 24.6. The molecule has 0 aromatic carbocycles. The lowest BCUT2D eigenvalue weighted by atomic mass is 10.0. The second-order valence-corrected chi connectivity index (χ2v) is 27.0. The van der Waals surface area contributed by atoms with Gasteiger partial charge in [-0.1, -0.05) is 387 Å². The van der Waals surface area contributed by atoms with Gasteiger partial charge in [-0.25, -0.2) is 0 Å². The third-order valence-corrected chi connectivity index (χ3v) is 18.8. The van der Waals surface area contributed by atoms with Crippen LogP contribution < -0.4 is 0 Å². The van der Waals surface area contributed by atoms with Crippen molar-refractivity contribution in [2.45, 2.75) is 439 Å². The fourth-order valence-corrected chi connectivity index (χ4v) is 13.2. The van der Waals surface area contributed by atoms with Crippen molar-refractivity contribution in [3.05, 3.63) is 0 Å². The Bertz CT molecular complexity index is 1130. The Hall–Kier alpha value is -1.90. The summed E-state index contributed by atoms with van der Waals surface area (Å²) in [6.07, 6.45) is 73.2. The summed E-state index contributed by atoms with van der Waals surface area (Å²) in [5.41, 5.74) is 0. The van der Waals surface area contributed by atoms with E-state index in [4.69, 9.17) is 17.7 Å². The van der Waals surface area contributed by atoms with Crippen molar-refractivity contribution >= 4 is 32.9 Å². The maximum absolute atomic E-state index is 13.7. The van der Waals surface area contributed by atoms with Crippen LogP contribution in [0, 0.1) is 0 Å². The van der Waals surface area contributed by atoms with E-state index in [1.54, 1.807) is 0 Å². The van der Waals surface area contributed by atoms with Gasteiger partial charge >= 0.3 is 9.05 Å². The van der Waals surface area contributed by atoms with Gasteiger partial charge in [-0.05, 0) is 25.7 Å². The van der Waals surface area contributed by atoms with Gasteiger partial charge in [0.15, 0.2) is 0 Å². The van der Waals surface area contributed by atoms with E-state index < -0.39 is 32.9 Å². The molecule has 480 valence electrons. The van der Waals surface area contributed by atoms with Crippen molar-refractivity contribution in [3.63, 3.8) is 0 Å². The Kier molecular flexibility index (Phi) is 64.1. The average molecular weight is 1160 g/mol. The van der Waals surface area contributed by atoms with E-state index in [0.717, 1.165) is 77.0 Å². The lowest BCUT2D eigenvalue weighted by molar-refractivity contribution is -0.163. The monoisotopic (exact) mass is 1160 g/mol. The average Bonchev–Trinajstić information content (AvgIpc) is 3.45. The zero-order valence-corrected chi connectivity index (χ0v) is 56.0. The molecule has 81 heavy (non-hydrogen) atoms. The summed E-state index contributed by atoms with van der Waals surface area (Å²) in [7, 11) is -4.88. The molecule has 8 nitrogen and oxygen atoms in total. The summed E-state index contributed by atoms with van der Waals surface area (Å²) in [5.74, 6) is -2.57. The molecule has 0 aliphatic rings. The van der Waals surface area contributed by atoms with Crippen molar-refractivity contribution in [1.82, 2.24) is 0 Å². The Morgan fingerprint density at radius 3 is 0.383 bits per heavy atom. The highest BCUT2D eigenvalue weighted by molar-refractivity contribution is 6.61. The number of hydrogen-bond acceptors (Lipinski definition) is 8. The number of unbranched alkanes of at least 4 members (excludes halogenated alkanes) is 56. The summed E-state index contributed by atoms with van der Waals surface area (Å²) in [5, 5.41) is 0. The zero-order valence-electron chi connectivity index (χ0n) is 55.0. The molecule has 0 spiro atoms. The van der Waals surface area contributed by atoms with Gasteiger partial charge in [0.2, 0.25) is 0 Å². The molecule has 0 fully saturated rings. The third kappa shape index (κ3) is 61.0. The molecule has 0 saturated carbocycles. The maximum atomic E-state index is 13.7. The molecule has 0 rings (SSSR count). The summed E-state index contributed by atoms with van der Waals surface area (Å²) in [6.45, 7) is 9.09. The Labute approximate surface area is 506 Å². The largest absolute Gasteiger partial charge is 0.974 e. The van der Waals surface area contributed by atoms with Gasteiger partial charge in [0.05, 0.1) is 0 Å². The summed E-state index contributed by atoms with van der Waals surface area (Å²) in [6, 6.07) is 0. The first-order chi connectivity index (χ1) is 39.8. The van der Waals surface area contributed by atoms with Gasteiger partial charge in [-0.15, -0.1) is 0 Å². The summed E-state index contributed by atoms with van der Waals surface area (Å²) >= 11 is 0. The van der Waals surface area contributed by atoms with Crippen molar-refractivity contribution in [1.29, 1.82) is 0 Å². The van der Waals surface area contributed by atoms with Crippen LogP contribution in [0.5, 0.6) is 0 Å².